The van der Waals surface area contributed by atoms with E-state index in [4.69, 9.17) is 9.47 Å². The average Bonchev–Trinajstić information content (AvgIpc) is 3.14. The molecule has 9 heteroatoms. The standard InChI is InChI=1S/C23H22N4O5/c1-13(2)25-23(28)22-16(12-31-3)20-18(11-24-22)26-17-5-4-6-19(21(17)20)32-15-9-7-14(8-10-15)27(29)30/h4-11,13,26H,12H2,1-3H3,(H,25,28). The van der Waals surface area contributed by atoms with E-state index in [0.717, 1.165) is 21.8 Å². The lowest BCUT2D eigenvalue weighted by atomic mass is 10.0. The number of aromatic amines is 1. The van der Waals surface area contributed by atoms with Gasteiger partial charge >= 0.3 is 0 Å². The maximum Gasteiger partial charge on any atom is 0.270 e. The highest BCUT2D eigenvalue weighted by Crippen LogP contribution is 2.38. The molecule has 0 saturated heterocycles. The lowest BCUT2D eigenvalue weighted by molar-refractivity contribution is -0.384. The van der Waals surface area contributed by atoms with Crippen LogP contribution in [0.2, 0.25) is 0 Å². The van der Waals surface area contributed by atoms with Crippen LogP contribution in [-0.4, -0.2) is 34.0 Å². The number of nitro benzene ring substituents is 1. The predicted molar refractivity (Wildman–Crippen MR) is 120 cm³/mol. The third-order valence-corrected chi connectivity index (χ3v) is 4.92. The van der Waals surface area contributed by atoms with Gasteiger partial charge in [0.05, 0.1) is 34.1 Å². The summed E-state index contributed by atoms with van der Waals surface area (Å²) in [5, 5.41) is 15.4. The van der Waals surface area contributed by atoms with Crippen molar-refractivity contribution in [1.29, 1.82) is 0 Å². The van der Waals surface area contributed by atoms with Crippen molar-refractivity contribution < 1.29 is 19.2 Å². The molecule has 4 rings (SSSR count). The second kappa shape index (κ2) is 8.64. The van der Waals surface area contributed by atoms with Crippen molar-refractivity contribution in [3.05, 3.63) is 70.0 Å². The van der Waals surface area contributed by atoms with E-state index >= 15 is 0 Å². The molecule has 4 aromatic rings. The molecule has 9 nitrogen and oxygen atoms in total. The zero-order chi connectivity index (χ0) is 22.8. The van der Waals surface area contributed by atoms with Gasteiger partial charge in [-0.05, 0) is 38.1 Å². The van der Waals surface area contributed by atoms with E-state index < -0.39 is 4.92 Å². The fourth-order valence-electron chi connectivity index (χ4n) is 3.63. The Balaban J connectivity index is 1.88. The molecule has 0 bridgehead atoms. The Labute approximate surface area is 183 Å². The Morgan fingerprint density at radius 1 is 1.16 bits per heavy atom. The van der Waals surface area contributed by atoms with E-state index in [1.54, 1.807) is 25.4 Å². The Bertz CT molecular complexity index is 1310. The molecule has 0 spiro atoms. The van der Waals surface area contributed by atoms with Crippen LogP contribution >= 0.6 is 0 Å². The molecular weight excluding hydrogens is 412 g/mol. The van der Waals surface area contributed by atoms with Crippen molar-refractivity contribution in [3.63, 3.8) is 0 Å². The minimum atomic E-state index is -0.460. The van der Waals surface area contributed by atoms with E-state index in [1.807, 2.05) is 32.0 Å². The Morgan fingerprint density at radius 2 is 1.91 bits per heavy atom. The summed E-state index contributed by atoms with van der Waals surface area (Å²) in [4.78, 5) is 30.9. The molecular formula is C23H22N4O5. The summed E-state index contributed by atoms with van der Waals surface area (Å²) in [6.45, 7) is 3.95. The fraction of sp³-hybridized carbons (Fsp3) is 0.217. The third kappa shape index (κ3) is 3.97. The number of aromatic nitrogens is 2. The molecule has 164 valence electrons. The van der Waals surface area contributed by atoms with Crippen LogP contribution in [0.5, 0.6) is 11.5 Å². The molecule has 0 aliphatic rings. The molecule has 0 saturated carbocycles. The monoisotopic (exact) mass is 434 g/mol. The van der Waals surface area contributed by atoms with E-state index in [-0.39, 0.29) is 24.2 Å². The van der Waals surface area contributed by atoms with Gasteiger partial charge in [-0.15, -0.1) is 0 Å². The lowest BCUT2D eigenvalue weighted by Gasteiger charge is -2.13. The second-order valence-electron chi connectivity index (χ2n) is 7.59. The van der Waals surface area contributed by atoms with E-state index in [2.05, 4.69) is 15.3 Å². The van der Waals surface area contributed by atoms with Crippen LogP contribution < -0.4 is 10.1 Å². The SMILES string of the molecule is COCc1c(C(=O)NC(C)C)ncc2[nH]c3cccc(Oc4ccc([N+](=O)[O-])cc4)c3c12. The number of hydrogen-bond donors (Lipinski definition) is 2. The summed E-state index contributed by atoms with van der Waals surface area (Å²) in [6, 6.07) is 11.4. The zero-order valence-electron chi connectivity index (χ0n) is 17.8. The van der Waals surface area contributed by atoms with Gasteiger partial charge in [-0.25, -0.2) is 4.98 Å². The number of H-pyrrole nitrogens is 1. The second-order valence-corrected chi connectivity index (χ2v) is 7.59. The van der Waals surface area contributed by atoms with Crippen molar-refractivity contribution in [2.24, 2.45) is 0 Å². The summed E-state index contributed by atoms with van der Waals surface area (Å²) >= 11 is 0. The largest absolute Gasteiger partial charge is 0.457 e. The van der Waals surface area contributed by atoms with Crippen molar-refractivity contribution >= 4 is 33.4 Å². The molecule has 2 N–H and O–H groups in total. The number of nitrogens with one attached hydrogen (secondary N) is 2. The molecule has 32 heavy (non-hydrogen) atoms. The van der Waals surface area contributed by atoms with Crippen molar-refractivity contribution in [1.82, 2.24) is 15.3 Å². The van der Waals surface area contributed by atoms with Gasteiger partial charge in [0.25, 0.3) is 11.6 Å². The first-order valence-corrected chi connectivity index (χ1v) is 10.0. The van der Waals surface area contributed by atoms with Gasteiger partial charge in [-0.3, -0.25) is 14.9 Å². The summed E-state index contributed by atoms with van der Waals surface area (Å²) < 4.78 is 11.5. The lowest BCUT2D eigenvalue weighted by Crippen LogP contribution is -2.31. The number of non-ortho nitro benzene ring substituents is 1. The van der Waals surface area contributed by atoms with Crippen LogP contribution in [0, 0.1) is 10.1 Å². The molecule has 0 radical (unpaired) electrons. The number of nitro groups is 1. The number of fused-ring (bicyclic) bond motifs is 3. The minimum absolute atomic E-state index is 0.0167. The van der Waals surface area contributed by atoms with Gasteiger partial charge in [0, 0.05) is 36.2 Å². The maximum absolute atomic E-state index is 12.8. The van der Waals surface area contributed by atoms with E-state index in [1.165, 1.54) is 12.1 Å². The molecule has 0 aliphatic heterocycles. The third-order valence-electron chi connectivity index (χ3n) is 4.92. The van der Waals surface area contributed by atoms with Crippen LogP contribution in [-0.2, 0) is 11.3 Å². The Hall–Kier alpha value is -3.98. The van der Waals surface area contributed by atoms with Crippen LogP contribution in [0.15, 0.2) is 48.7 Å². The molecule has 2 aromatic heterocycles. The zero-order valence-corrected chi connectivity index (χ0v) is 17.8. The highest BCUT2D eigenvalue weighted by Gasteiger charge is 2.21. The number of benzene rings is 2. The molecule has 0 fully saturated rings. The Kier molecular flexibility index (Phi) is 5.74. The first kappa shape index (κ1) is 21.3. The van der Waals surface area contributed by atoms with Gasteiger partial charge in [-0.1, -0.05) is 6.07 Å². The van der Waals surface area contributed by atoms with Gasteiger partial charge in [0.1, 0.15) is 17.2 Å². The summed E-state index contributed by atoms with van der Waals surface area (Å²) in [5.74, 6) is 0.719. The number of ether oxygens (including phenoxy) is 2. The average molecular weight is 434 g/mol. The molecule has 0 unspecified atom stereocenters. The predicted octanol–water partition coefficient (Wildman–Crippen LogP) is 4.70. The fourth-order valence-corrected chi connectivity index (χ4v) is 3.63. The minimum Gasteiger partial charge on any atom is -0.457 e. The number of pyridine rings is 1. The normalized spacial score (nSPS) is 11.2. The number of carbonyl (C=O) groups excluding carboxylic acids is 1. The number of carbonyl (C=O) groups is 1. The summed E-state index contributed by atoms with van der Waals surface area (Å²) in [7, 11) is 1.56. The molecule has 1 amide bonds. The molecule has 2 heterocycles. The van der Waals surface area contributed by atoms with Crippen molar-refractivity contribution in [3.8, 4) is 11.5 Å². The first-order chi connectivity index (χ1) is 15.4. The number of amides is 1. The number of rotatable bonds is 7. The van der Waals surface area contributed by atoms with Gasteiger partial charge in [0.15, 0.2) is 0 Å². The number of nitrogens with zero attached hydrogens (tertiary/aromatic N) is 2. The maximum atomic E-state index is 12.8. The van der Waals surface area contributed by atoms with Gasteiger partial charge in [-0.2, -0.15) is 0 Å². The number of methoxy groups -OCH3 is 1. The van der Waals surface area contributed by atoms with Gasteiger partial charge in [0.2, 0.25) is 0 Å². The topological polar surface area (TPSA) is 119 Å². The van der Waals surface area contributed by atoms with Crippen LogP contribution in [0.3, 0.4) is 0 Å². The Morgan fingerprint density at radius 3 is 2.56 bits per heavy atom. The summed E-state index contributed by atoms with van der Waals surface area (Å²) in [6.07, 6.45) is 1.62. The van der Waals surface area contributed by atoms with Gasteiger partial charge < -0.3 is 19.8 Å². The van der Waals surface area contributed by atoms with Crippen LogP contribution in [0.4, 0.5) is 5.69 Å². The highest BCUT2D eigenvalue weighted by molar-refractivity contribution is 6.14. The molecule has 2 aromatic carbocycles. The first-order valence-electron chi connectivity index (χ1n) is 10.0. The smallest absolute Gasteiger partial charge is 0.270 e. The van der Waals surface area contributed by atoms with Crippen LogP contribution in [0.25, 0.3) is 21.8 Å². The van der Waals surface area contributed by atoms with E-state index in [9.17, 15) is 14.9 Å². The molecule has 0 aliphatic carbocycles. The van der Waals surface area contributed by atoms with Crippen molar-refractivity contribution in [2.45, 2.75) is 26.5 Å². The number of hydrogen-bond acceptors (Lipinski definition) is 6. The quantitative estimate of drug-likeness (QED) is 0.321. The summed E-state index contributed by atoms with van der Waals surface area (Å²) in [5.41, 5.74) is 2.47. The van der Waals surface area contributed by atoms with E-state index in [0.29, 0.717) is 22.8 Å². The van der Waals surface area contributed by atoms with Crippen LogP contribution in [0.1, 0.15) is 29.9 Å². The molecule has 0 atom stereocenters. The highest BCUT2D eigenvalue weighted by atomic mass is 16.6. The van der Waals surface area contributed by atoms with Crippen molar-refractivity contribution in [2.75, 3.05) is 7.11 Å².